The van der Waals surface area contributed by atoms with Gasteiger partial charge in [-0.2, -0.15) is 0 Å². The molecule has 1 N–H and O–H groups in total. The van der Waals surface area contributed by atoms with Crippen LogP contribution in [-0.2, 0) is 9.59 Å². The molecule has 0 spiro atoms. The molecule has 110 valence electrons. The number of hydrogen-bond acceptors (Lipinski definition) is 3. The lowest BCUT2D eigenvalue weighted by atomic mass is 10.1. The lowest BCUT2D eigenvalue weighted by molar-refractivity contribution is -0.143. The van der Waals surface area contributed by atoms with Gasteiger partial charge in [0.25, 0.3) is 0 Å². The van der Waals surface area contributed by atoms with E-state index < -0.39 is 0 Å². The number of carbonyl (C=O) groups is 2. The first-order valence-corrected chi connectivity index (χ1v) is 7.37. The van der Waals surface area contributed by atoms with Gasteiger partial charge in [-0.05, 0) is 33.2 Å². The predicted molar refractivity (Wildman–Crippen MR) is 75.8 cm³/mol. The number of unbranched alkanes of at least 4 members (excludes halogenated alkanes) is 1. The minimum absolute atomic E-state index is 0.0636. The molecule has 0 aliphatic carbocycles. The molecular formula is C14H27N3O2. The first-order valence-electron chi connectivity index (χ1n) is 7.37. The lowest BCUT2D eigenvalue weighted by Crippen LogP contribution is -2.52. The molecule has 0 saturated carbocycles. The number of likely N-dealkylation sites (N-methyl/N-ethyl adjacent to an activating group) is 2. The molecule has 1 heterocycles. The standard InChI is InChI=1S/C14H27N3O2/c1-4-6-9-16(5-2)13(18)11-17-10-7-8-12(15-3)14(17)19/h12,15H,4-11H2,1-3H3/t12-/m0/s1. The highest BCUT2D eigenvalue weighted by atomic mass is 16.2. The van der Waals surface area contributed by atoms with Crippen LogP contribution in [0, 0.1) is 0 Å². The Morgan fingerprint density at radius 1 is 1.47 bits per heavy atom. The molecule has 19 heavy (non-hydrogen) atoms. The smallest absolute Gasteiger partial charge is 0.242 e. The molecule has 0 radical (unpaired) electrons. The number of amides is 2. The van der Waals surface area contributed by atoms with Gasteiger partial charge in [-0.3, -0.25) is 9.59 Å². The largest absolute Gasteiger partial charge is 0.341 e. The number of carbonyl (C=O) groups excluding carboxylic acids is 2. The minimum atomic E-state index is -0.118. The van der Waals surface area contributed by atoms with Crippen molar-refractivity contribution in [1.29, 1.82) is 0 Å². The van der Waals surface area contributed by atoms with E-state index in [0.717, 1.165) is 38.8 Å². The van der Waals surface area contributed by atoms with Crippen molar-refractivity contribution >= 4 is 11.8 Å². The fraction of sp³-hybridized carbons (Fsp3) is 0.857. The van der Waals surface area contributed by atoms with Crippen LogP contribution in [0.5, 0.6) is 0 Å². The van der Waals surface area contributed by atoms with Gasteiger partial charge in [-0.15, -0.1) is 0 Å². The Morgan fingerprint density at radius 2 is 2.21 bits per heavy atom. The fourth-order valence-electron chi connectivity index (χ4n) is 2.44. The minimum Gasteiger partial charge on any atom is -0.341 e. The number of likely N-dealkylation sites (tertiary alicyclic amines) is 1. The van der Waals surface area contributed by atoms with Gasteiger partial charge in [-0.1, -0.05) is 13.3 Å². The van der Waals surface area contributed by atoms with E-state index >= 15 is 0 Å². The third kappa shape index (κ3) is 4.49. The summed E-state index contributed by atoms with van der Waals surface area (Å²) in [7, 11) is 1.80. The van der Waals surface area contributed by atoms with E-state index in [2.05, 4.69) is 12.2 Å². The molecule has 0 aromatic carbocycles. The first-order chi connectivity index (χ1) is 9.13. The van der Waals surface area contributed by atoms with Crippen LogP contribution in [-0.4, -0.2) is 60.9 Å². The van der Waals surface area contributed by atoms with E-state index in [-0.39, 0.29) is 24.4 Å². The molecule has 5 nitrogen and oxygen atoms in total. The molecule has 1 fully saturated rings. The molecular weight excluding hydrogens is 242 g/mol. The summed E-state index contributed by atoms with van der Waals surface area (Å²) in [5, 5.41) is 3.02. The summed E-state index contributed by atoms with van der Waals surface area (Å²) in [6, 6.07) is -0.118. The Kier molecular flexibility index (Phi) is 6.84. The fourth-order valence-corrected chi connectivity index (χ4v) is 2.44. The topological polar surface area (TPSA) is 52.7 Å². The van der Waals surface area contributed by atoms with Gasteiger partial charge in [0, 0.05) is 19.6 Å². The van der Waals surface area contributed by atoms with Crippen molar-refractivity contribution < 1.29 is 9.59 Å². The zero-order chi connectivity index (χ0) is 14.3. The zero-order valence-electron chi connectivity index (χ0n) is 12.4. The molecule has 1 saturated heterocycles. The molecule has 0 aromatic rings. The van der Waals surface area contributed by atoms with Crippen molar-refractivity contribution in [2.75, 3.05) is 33.2 Å². The maximum absolute atomic E-state index is 12.2. The summed E-state index contributed by atoms with van der Waals surface area (Å²) in [6.45, 7) is 6.55. The maximum Gasteiger partial charge on any atom is 0.242 e. The van der Waals surface area contributed by atoms with Gasteiger partial charge in [0.1, 0.15) is 0 Å². The van der Waals surface area contributed by atoms with Crippen LogP contribution in [0.3, 0.4) is 0 Å². The summed E-state index contributed by atoms with van der Waals surface area (Å²) < 4.78 is 0. The second-order valence-electron chi connectivity index (χ2n) is 5.07. The number of rotatable bonds is 7. The zero-order valence-corrected chi connectivity index (χ0v) is 12.4. The molecule has 0 bridgehead atoms. The van der Waals surface area contributed by atoms with E-state index in [4.69, 9.17) is 0 Å². The first kappa shape index (κ1) is 16.0. The van der Waals surface area contributed by atoms with Crippen LogP contribution in [0.15, 0.2) is 0 Å². The van der Waals surface area contributed by atoms with Crippen molar-refractivity contribution in [3.05, 3.63) is 0 Å². The molecule has 0 unspecified atom stereocenters. The van der Waals surface area contributed by atoms with Gasteiger partial charge < -0.3 is 15.1 Å². The van der Waals surface area contributed by atoms with Gasteiger partial charge in [0.2, 0.25) is 11.8 Å². The Hall–Kier alpha value is -1.10. The summed E-state index contributed by atoms with van der Waals surface area (Å²) in [5.74, 6) is 0.134. The van der Waals surface area contributed by atoms with E-state index in [9.17, 15) is 9.59 Å². The van der Waals surface area contributed by atoms with E-state index in [0.29, 0.717) is 6.54 Å². The van der Waals surface area contributed by atoms with E-state index in [1.807, 2.05) is 11.8 Å². The molecule has 1 atom stereocenters. The number of piperidine rings is 1. The molecule has 1 aliphatic heterocycles. The third-order valence-electron chi connectivity index (χ3n) is 3.72. The van der Waals surface area contributed by atoms with Crippen molar-refractivity contribution in [3.8, 4) is 0 Å². The number of hydrogen-bond donors (Lipinski definition) is 1. The highest BCUT2D eigenvalue weighted by Crippen LogP contribution is 2.11. The van der Waals surface area contributed by atoms with Crippen LogP contribution >= 0.6 is 0 Å². The summed E-state index contributed by atoms with van der Waals surface area (Å²) in [4.78, 5) is 27.9. The second kappa shape index (κ2) is 8.15. The molecule has 5 heteroatoms. The third-order valence-corrected chi connectivity index (χ3v) is 3.72. The van der Waals surface area contributed by atoms with Gasteiger partial charge in [0.05, 0.1) is 12.6 Å². The van der Waals surface area contributed by atoms with Crippen molar-refractivity contribution in [2.45, 2.75) is 45.6 Å². The molecule has 1 rings (SSSR count). The van der Waals surface area contributed by atoms with Crippen molar-refractivity contribution in [3.63, 3.8) is 0 Å². The van der Waals surface area contributed by atoms with Crippen LogP contribution < -0.4 is 5.32 Å². The summed E-state index contributed by atoms with van der Waals surface area (Å²) in [6.07, 6.45) is 3.93. The monoisotopic (exact) mass is 269 g/mol. The Labute approximate surface area is 116 Å². The van der Waals surface area contributed by atoms with Crippen LogP contribution in [0.2, 0.25) is 0 Å². The Balaban J connectivity index is 2.52. The van der Waals surface area contributed by atoms with Gasteiger partial charge in [-0.25, -0.2) is 0 Å². The molecule has 0 aromatic heterocycles. The maximum atomic E-state index is 12.2. The summed E-state index contributed by atoms with van der Waals surface area (Å²) >= 11 is 0. The molecule has 2 amide bonds. The average molecular weight is 269 g/mol. The van der Waals surface area contributed by atoms with E-state index in [1.54, 1.807) is 11.9 Å². The van der Waals surface area contributed by atoms with Crippen molar-refractivity contribution in [1.82, 2.24) is 15.1 Å². The van der Waals surface area contributed by atoms with Crippen molar-refractivity contribution in [2.24, 2.45) is 0 Å². The van der Waals surface area contributed by atoms with Crippen LogP contribution in [0.25, 0.3) is 0 Å². The lowest BCUT2D eigenvalue weighted by Gasteiger charge is -2.33. The quantitative estimate of drug-likeness (QED) is 0.745. The predicted octanol–water partition coefficient (Wildman–Crippen LogP) is 0.845. The summed E-state index contributed by atoms with van der Waals surface area (Å²) in [5.41, 5.74) is 0. The highest BCUT2D eigenvalue weighted by Gasteiger charge is 2.29. The Morgan fingerprint density at radius 3 is 2.79 bits per heavy atom. The normalized spacial score (nSPS) is 19.6. The Bertz CT molecular complexity index is 307. The average Bonchev–Trinajstić information content (AvgIpc) is 2.42. The van der Waals surface area contributed by atoms with Crippen LogP contribution in [0.1, 0.15) is 39.5 Å². The number of nitrogens with zero attached hydrogens (tertiary/aromatic N) is 2. The second-order valence-corrected chi connectivity index (χ2v) is 5.07. The molecule has 1 aliphatic rings. The highest BCUT2D eigenvalue weighted by molar-refractivity contribution is 5.88. The number of nitrogens with one attached hydrogen (secondary N) is 1. The van der Waals surface area contributed by atoms with Gasteiger partial charge >= 0.3 is 0 Å². The van der Waals surface area contributed by atoms with E-state index in [1.165, 1.54) is 0 Å². The van der Waals surface area contributed by atoms with Gasteiger partial charge in [0.15, 0.2) is 0 Å². The SMILES string of the molecule is CCCCN(CC)C(=O)CN1CCC[C@H](NC)C1=O. The van der Waals surface area contributed by atoms with Crippen LogP contribution in [0.4, 0.5) is 0 Å².